The van der Waals surface area contributed by atoms with Gasteiger partial charge in [-0.1, -0.05) is 18.2 Å². The maximum atomic E-state index is 12.7. The molecule has 1 saturated heterocycles. The van der Waals surface area contributed by atoms with Crippen LogP contribution in [0.3, 0.4) is 0 Å². The van der Waals surface area contributed by atoms with Gasteiger partial charge >= 0.3 is 6.18 Å². The van der Waals surface area contributed by atoms with Gasteiger partial charge in [0.05, 0.1) is 18.1 Å². The number of halogens is 3. The van der Waals surface area contributed by atoms with Crippen molar-refractivity contribution in [3.63, 3.8) is 0 Å². The molecule has 0 aliphatic carbocycles. The lowest BCUT2D eigenvalue weighted by Gasteiger charge is -2.26. The van der Waals surface area contributed by atoms with E-state index in [2.05, 4.69) is 10.1 Å². The summed E-state index contributed by atoms with van der Waals surface area (Å²) >= 11 is 0. The zero-order chi connectivity index (χ0) is 22.5. The van der Waals surface area contributed by atoms with E-state index in [4.69, 9.17) is 4.74 Å². The summed E-state index contributed by atoms with van der Waals surface area (Å²) in [6.45, 7) is -0.132. The number of hydrogen-bond donors (Lipinski definition) is 1. The van der Waals surface area contributed by atoms with E-state index in [9.17, 15) is 26.4 Å². The number of nitrogens with one attached hydrogen (secondary N) is 1. The van der Waals surface area contributed by atoms with Gasteiger partial charge in [0.25, 0.3) is 5.91 Å². The Balaban J connectivity index is 1.60. The molecule has 0 unspecified atom stereocenters. The summed E-state index contributed by atoms with van der Waals surface area (Å²) in [7, 11) is -3.73. The van der Waals surface area contributed by atoms with Gasteiger partial charge in [-0.15, -0.1) is 0 Å². The van der Waals surface area contributed by atoms with Crippen LogP contribution in [-0.4, -0.2) is 57.7 Å². The fraction of sp³-hybridized carbons (Fsp3) is 0.350. The SMILES string of the molecule is O=C(NCc1ccc(OCC(F)(F)F)cc1)c1cccc(S(=O)(=O)N2CCOCC2)c1. The molecule has 1 aliphatic rings. The van der Waals surface area contributed by atoms with Gasteiger partial charge in [0.2, 0.25) is 10.0 Å². The van der Waals surface area contributed by atoms with Crippen molar-refractivity contribution >= 4 is 15.9 Å². The van der Waals surface area contributed by atoms with Gasteiger partial charge in [-0.2, -0.15) is 17.5 Å². The highest BCUT2D eigenvalue weighted by Gasteiger charge is 2.28. The van der Waals surface area contributed by atoms with E-state index in [0.29, 0.717) is 18.8 Å². The molecule has 1 amide bonds. The largest absolute Gasteiger partial charge is 0.484 e. The average molecular weight is 458 g/mol. The Labute approximate surface area is 177 Å². The summed E-state index contributed by atoms with van der Waals surface area (Å²) < 4.78 is 73.2. The molecular weight excluding hydrogens is 437 g/mol. The molecule has 1 heterocycles. The van der Waals surface area contributed by atoms with Crippen molar-refractivity contribution in [3.05, 3.63) is 59.7 Å². The fourth-order valence-corrected chi connectivity index (χ4v) is 4.34. The summed E-state index contributed by atoms with van der Waals surface area (Å²) in [5, 5.41) is 2.66. The van der Waals surface area contributed by atoms with Crippen molar-refractivity contribution in [1.29, 1.82) is 0 Å². The molecule has 0 aromatic heterocycles. The maximum absolute atomic E-state index is 12.7. The number of carbonyl (C=O) groups excluding carboxylic acids is 1. The Morgan fingerprint density at radius 1 is 1.10 bits per heavy atom. The highest BCUT2D eigenvalue weighted by atomic mass is 32.2. The minimum absolute atomic E-state index is 0.0215. The summed E-state index contributed by atoms with van der Waals surface area (Å²) in [4.78, 5) is 12.5. The summed E-state index contributed by atoms with van der Waals surface area (Å²) in [6.07, 6.45) is -4.42. The summed E-state index contributed by atoms with van der Waals surface area (Å²) in [5.74, 6) is -0.412. The number of benzene rings is 2. The number of morpholine rings is 1. The topological polar surface area (TPSA) is 84.9 Å². The van der Waals surface area contributed by atoms with Crippen molar-refractivity contribution in [2.45, 2.75) is 17.6 Å². The molecule has 0 saturated carbocycles. The third-order valence-corrected chi connectivity index (χ3v) is 6.38. The van der Waals surface area contributed by atoms with Crippen LogP contribution in [0.1, 0.15) is 15.9 Å². The Kier molecular flexibility index (Phi) is 7.19. The van der Waals surface area contributed by atoms with Gasteiger partial charge in [-0.25, -0.2) is 8.42 Å². The first-order chi connectivity index (χ1) is 14.6. The molecule has 0 radical (unpaired) electrons. The van der Waals surface area contributed by atoms with E-state index < -0.39 is 28.7 Å². The Morgan fingerprint density at radius 3 is 2.42 bits per heavy atom. The first-order valence-corrected chi connectivity index (χ1v) is 10.8. The summed E-state index contributed by atoms with van der Waals surface area (Å²) in [6, 6.07) is 11.6. The van der Waals surface area contributed by atoms with Crippen LogP contribution in [0.15, 0.2) is 53.4 Å². The quantitative estimate of drug-likeness (QED) is 0.690. The van der Waals surface area contributed by atoms with E-state index in [1.54, 1.807) is 0 Å². The number of sulfonamides is 1. The van der Waals surface area contributed by atoms with Crippen molar-refractivity contribution in [2.24, 2.45) is 0 Å². The minimum Gasteiger partial charge on any atom is -0.484 e. The lowest BCUT2D eigenvalue weighted by molar-refractivity contribution is -0.153. The van der Waals surface area contributed by atoms with Crippen LogP contribution in [-0.2, 0) is 21.3 Å². The third kappa shape index (κ3) is 6.42. The Morgan fingerprint density at radius 2 is 1.77 bits per heavy atom. The van der Waals surface area contributed by atoms with Gasteiger partial charge in [-0.05, 0) is 35.9 Å². The molecule has 2 aromatic carbocycles. The van der Waals surface area contributed by atoms with Crippen molar-refractivity contribution < 1.29 is 35.9 Å². The van der Waals surface area contributed by atoms with Crippen LogP contribution >= 0.6 is 0 Å². The number of nitrogens with zero attached hydrogens (tertiary/aromatic N) is 1. The highest BCUT2D eigenvalue weighted by Crippen LogP contribution is 2.20. The van der Waals surface area contributed by atoms with E-state index in [1.165, 1.54) is 52.8 Å². The van der Waals surface area contributed by atoms with Crippen molar-refractivity contribution in [3.8, 4) is 5.75 Å². The third-order valence-electron chi connectivity index (χ3n) is 4.48. The molecule has 31 heavy (non-hydrogen) atoms. The van der Waals surface area contributed by atoms with Gasteiger partial charge in [0, 0.05) is 25.2 Å². The molecule has 168 valence electrons. The van der Waals surface area contributed by atoms with Crippen LogP contribution in [0.4, 0.5) is 13.2 Å². The number of alkyl halides is 3. The van der Waals surface area contributed by atoms with Crippen LogP contribution in [0, 0.1) is 0 Å². The predicted octanol–water partition coefficient (Wildman–Crippen LogP) is 2.58. The van der Waals surface area contributed by atoms with Gasteiger partial charge in [0.1, 0.15) is 5.75 Å². The molecule has 1 fully saturated rings. The van der Waals surface area contributed by atoms with Crippen molar-refractivity contribution in [1.82, 2.24) is 9.62 Å². The molecule has 0 atom stereocenters. The molecular formula is C20H21F3N2O5S. The number of hydrogen-bond acceptors (Lipinski definition) is 5. The number of carbonyl (C=O) groups is 1. The lowest BCUT2D eigenvalue weighted by Crippen LogP contribution is -2.40. The number of ether oxygens (including phenoxy) is 2. The second-order valence-electron chi connectivity index (χ2n) is 6.77. The molecule has 0 spiro atoms. The molecule has 1 N–H and O–H groups in total. The minimum atomic E-state index is -4.42. The monoisotopic (exact) mass is 458 g/mol. The smallest absolute Gasteiger partial charge is 0.422 e. The van der Waals surface area contributed by atoms with E-state index >= 15 is 0 Å². The van der Waals surface area contributed by atoms with Gasteiger partial charge < -0.3 is 14.8 Å². The van der Waals surface area contributed by atoms with E-state index in [0.717, 1.165) is 0 Å². The first-order valence-electron chi connectivity index (χ1n) is 9.40. The molecule has 11 heteroatoms. The lowest BCUT2D eigenvalue weighted by atomic mass is 10.2. The molecule has 0 bridgehead atoms. The fourth-order valence-electron chi connectivity index (χ4n) is 2.89. The van der Waals surface area contributed by atoms with E-state index in [-0.39, 0.29) is 35.8 Å². The average Bonchev–Trinajstić information content (AvgIpc) is 2.77. The molecule has 2 aromatic rings. The first kappa shape index (κ1) is 23.0. The maximum Gasteiger partial charge on any atom is 0.422 e. The highest BCUT2D eigenvalue weighted by molar-refractivity contribution is 7.89. The normalized spacial score (nSPS) is 15.5. The molecule has 1 aliphatic heterocycles. The molecule has 7 nitrogen and oxygen atoms in total. The zero-order valence-corrected chi connectivity index (χ0v) is 17.2. The van der Waals surface area contributed by atoms with E-state index in [1.807, 2.05) is 0 Å². The predicted molar refractivity (Wildman–Crippen MR) is 105 cm³/mol. The van der Waals surface area contributed by atoms with Gasteiger partial charge in [-0.3, -0.25) is 4.79 Å². The zero-order valence-electron chi connectivity index (χ0n) is 16.4. The Bertz CT molecular complexity index is 1000. The summed E-state index contributed by atoms with van der Waals surface area (Å²) in [5.41, 5.74) is 0.823. The van der Waals surface area contributed by atoms with Crippen LogP contribution in [0.5, 0.6) is 5.75 Å². The number of rotatable bonds is 7. The second-order valence-corrected chi connectivity index (χ2v) is 8.71. The van der Waals surface area contributed by atoms with Gasteiger partial charge in [0.15, 0.2) is 6.61 Å². The van der Waals surface area contributed by atoms with Crippen LogP contribution < -0.4 is 10.1 Å². The van der Waals surface area contributed by atoms with Crippen molar-refractivity contribution in [2.75, 3.05) is 32.9 Å². The van der Waals surface area contributed by atoms with Crippen LogP contribution in [0.2, 0.25) is 0 Å². The number of amides is 1. The van der Waals surface area contributed by atoms with Crippen LogP contribution in [0.25, 0.3) is 0 Å². The second kappa shape index (κ2) is 9.67. The Hall–Kier alpha value is -2.63. The molecule has 3 rings (SSSR count). The standard InChI is InChI=1S/C20H21F3N2O5S/c21-20(22,23)14-30-17-6-4-15(5-7-17)13-24-19(26)16-2-1-3-18(12-16)31(27,28)25-8-10-29-11-9-25/h1-7,12H,8-11,13-14H2,(H,24,26).